The van der Waals surface area contributed by atoms with Gasteiger partial charge in [0.15, 0.2) is 28.9 Å². The number of nitrogens with zero attached hydrogens (tertiary/aromatic N) is 5. The van der Waals surface area contributed by atoms with Crippen molar-refractivity contribution in [2.75, 3.05) is 30.3 Å². The molecular formula is C20H22FN6O5P. The molecule has 1 aromatic carbocycles. The highest BCUT2D eigenvalue weighted by Crippen LogP contribution is 2.59. The Morgan fingerprint density at radius 1 is 1.27 bits per heavy atom. The van der Waals surface area contributed by atoms with Gasteiger partial charge in [0.05, 0.1) is 12.9 Å². The van der Waals surface area contributed by atoms with Crippen molar-refractivity contribution in [3.05, 3.63) is 36.7 Å². The predicted molar refractivity (Wildman–Crippen MR) is 115 cm³/mol. The minimum absolute atomic E-state index is 0.0578. The fourth-order valence-corrected chi connectivity index (χ4v) is 5.83. The number of alkyl halides is 1. The second-order valence-corrected chi connectivity index (χ2v) is 9.97. The van der Waals surface area contributed by atoms with Gasteiger partial charge >= 0.3 is 7.82 Å². The lowest BCUT2D eigenvalue weighted by Crippen LogP contribution is -2.45. The number of rotatable bonds is 4. The molecule has 2 aromatic heterocycles. The number of aromatic nitrogens is 4. The van der Waals surface area contributed by atoms with Crippen molar-refractivity contribution in [1.82, 2.24) is 19.5 Å². The fourth-order valence-electron chi connectivity index (χ4n) is 4.34. The number of ether oxygens (including phenoxy) is 1. The molecule has 0 spiro atoms. The van der Waals surface area contributed by atoms with Crippen LogP contribution < -0.4 is 15.2 Å². The first-order valence-corrected chi connectivity index (χ1v) is 12.1. The van der Waals surface area contributed by atoms with Gasteiger partial charge in [-0.1, -0.05) is 18.2 Å². The maximum Gasteiger partial charge on any atom is 0.530 e. The van der Waals surface area contributed by atoms with Gasteiger partial charge in [-0.15, -0.1) is 0 Å². The number of hydrogen-bond acceptors (Lipinski definition) is 10. The second kappa shape index (κ2) is 7.36. The Balaban J connectivity index is 1.32. The maximum atomic E-state index is 16.2. The number of phosphoric ester groups is 1. The zero-order chi connectivity index (χ0) is 22.8. The van der Waals surface area contributed by atoms with E-state index < -0.39 is 31.9 Å². The molecule has 0 radical (unpaired) electrons. The van der Waals surface area contributed by atoms with Crippen molar-refractivity contribution in [3.8, 4) is 5.75 Å². The average molecular weight is 476 g/mol. The van der Waals surface area contributed by atoms with E-state index in [1.165, 1.54) is 17.8 Å². The molecule has 174 valence electrons. The first-order chi connectivity index (χ1) is 15.8. The van der Waals surface area contributed by atoms with Crippen LogP contribution in [0.4, 0.5) is 16.2 Å². The lowest BCUT2D eigenvalue weighted by Gasteiger charge is -2.33. The summed E-state index contributed by atoms with van der Waals surface area (Å²) in [6, 6.07) is 8.44. The van der Waals surface area contributed by atoms with Crippen molar-refractivity contribution in [2.24, 2.45) is 0 Å². The van der Waals surface area contributed by atoms with Crippen molar-refractivity contribution in [3.63, 3.8) is 0 Å². The lowest BCUT2D eigenvalue weighted by molar-refractivity contribution is -0.0655. The third-order valence-electron chi connectivity index (χ3n) is 6.11. The Morgan fingerprint density at radius 3 is 2.79 bits per heavy atom. The smallest absolute Gasteiger partial charge is 0.404 e. The molecule has 1 unspecified atom stereocenters. The quantitative estimate of drug-likeness (QED) is 0.562. The third kappa shape index (κ3) is 3.36. The molecule has 3 aliphatic rings. The molecule has 13 heteroatoms. The largest absolute Gasteiger partial charge is 0.530 e. The maximum absolute atomic E-state index is 16.2. The Morgan fingerprint density at radius 2 is 2.06 bits per heavy atom. The van der Waals surface area contributed by atoms with E-state index >= 15 is 4.39 Å². The zero-order valence-electron chi connectivity index (χ0n) is 17.7. The van der Waals surface area contributed by atoms with Crippen LogP contribution in [0.3, 0.4) is 0 Å². The number of anilines is 2. The number of nitrogens with two attached hydrogens (primary N) is 1. The first kappa shape index (κ1) is 20.8. The number of para-hydroxylation sites is 1. The summed E-state index contributed by atoms with van der Waals surface area (Å²) in [7, 11) is -4.06. The molecular weight excluding hydrogens is 454 g/mol. The van der Waals surface area contributed by atoms with Crippen molar-refractivity contribution in [2.45, 2.75) is 37.4 Å². The van der Waals surface area contributed by atoms with E-state index in [4.69, 9.17) is 24.0 Å². The standard InChI is InChI=1S/C20H22FN6O5P/c1-20(21)15-13(10-29-33(28,32-15)31-12-6-3-2-4-7-12)30-18(20)27-11-23-14-16(26-8-5-9-26)24-19(22)25-17(14)27/h2-4,6-7,11,13,15,18H,5,8-10H2,1H3,(H2,22,24,25)/t13-,15-,18-,20-,33?/m1/s1. The molecule has 0 aliphatic carbocycles. The van der Waals surface area contributed by atoms with Crippen LogP contribution in [0, 0.1) is 0 Å². The van der Waals surface area contributed by atoms with E-state index in [-0.39, 0.29) is 12.6 Å². The molecule has 6 rings (SSSR count). The second-order valence-electron chi connectivity index (χ2n) is 8.42. The van der Waals surface area contributed by atoms with Crippen LogP contribution in [-0.2, 0) is 18.3 Å². The summed E-state index contributed by atoms with van der Waals surface area (Å²) >= 11 is 0. The highest BCUT2D eigenvalue weighted by molar-refractivity contribution is 7.49. The number of benzene rings is 1. The van der Waals surface area contributed by atoms with Crippen LogP contribution in [0.1, 0.15) is 19.6 Å². The summed E-state index contributed by atoms with van der Waals surface area (Å²) in [6.45, 7) is 2.84. The average Bonchev–Trinajstić information content (AvgIpc) is 3.25. The summed E-state index contributed by atoms with van der Waals surface area (Å²) in [5.74, 6) is 0.961. The van der Waals surface area contributed by atoms with Crippen LogP contribution >= 0.6 is 7.82 Å². The van der Waals surface area contributed by atoms with Crippen molar-refractivity contribution < 1.29 is 27.3 Å². The molecule has 0 saturated carbocycles. The normalized spacial score (nSPS) is 33.6. The molecule has 0 bridgehead atoms. The number of fused-ring (bicyclic) bond motifs is 2. The highest BCUT2D eigenvalue weighted by Gasteiger charge is 2.62. The van der Waals surface area contributed by atoms with E-state index in [0.717, 1.165) is 19.5 Å². The lowest BCUT2D eigenvalue weighted by atomic mass is 9.98. The minimum atomic E-state index is -4.06. The number of imidazole rings is 1. The molecule has 3 aromatic rings. The van der Waals surface area contributed by atoms with Crippen LogP contribution in [0.15, 0.2) is 36.7 Å². The van der Waals surface area contributed by atoms with Gasteiger partial charge in [0.1, 0.15) is 18.0 Å². The molecule has 11 nitrogen and oxygen atoms in total. The monoisotopic (exact) mass is 476 g/mol. The Kier molecular flexibility index (Phi) is 4.64. The fraction of sp³-hybridized carbons (Fsp3) is 0.450. The number of hydrogen-bond donors (Lipinski definition) is 1. The Bertz CT molecular complexity index is 1250. The van der Waals surface area contributed by atoms with Gasteiger partial charge in [-0.25, -0.2) is 13.9 Å². The van der Waals surface area contributed by atoms with Gasteiger partial charge < -0.3 is 19.9 Å². The molecule has 3 saturated heterocycles. The topological polar surface area (TPSA) is 127 Å². The Labute approximate surface area is 188 Å². The van der Waals surface area contributed by atoms with Crippen LogP contribution in [-0.4, -0.2) is 57.1 Å². The first-order valence-electron chi connectivity index (χ1n) is 10.6. The van der Waals surface area contributed by atoms with Gasteiger partial charge in [-0.2, -0.15) is 9.97 Å². The van der Waals surface area contributed by atoms with Gasteiger partial charge in [0, 0.05) is 13.1 Å². The van der Waals surface area contributed by atoms with Crippen LogP contribution in [0.5, 0.6) is 5.75 Å². The third-order valence-corrected chi connectivity index (χ3v) is 7.49. The molecule has 2 N–H and O–H groups in total. The SMILES string of the molecule is C[C@@]1(F)[C@@H]2OP(=O)(Oc3ccccc3)OC[C@H]2O[C@H]1n1cnc2c(N3CCC3)nc(N)nc21. The van der Waals surface area contributed by atoms with E-state index in [1.807, 2.05) is 4.90 Å². The van der Waals surface area contributed by atoms with Gasteiger partial charge in [-0.05, 0) is 25.5 Å². The van der Waals surface area contributed by atoms with Crippen molar-refractivity contribution in [1.29, 1.82) is 0 Å². The van der Waals surface area contributed by atoms with Gasteiger partial charge in [0.2, 0.25) is 5.95 Å². The van der Waals surface area contributed by atoms with Crippen LogP contribution in [0.2, 0.25) is 0 Å². The van der Waals surface area contributed by atoms with E-state index in [2.05, 4.69) is 15.0 Å². The van der Waals surface area contributed by atoms with Crippen LogP contribution in [0.25, 0.3) is 11.2 Å². The number of nitrogen functional groups attached to an aromatic ring is 1. The summed E-state index contributed by atoms with van der Waals surface area (Å²) < 4.78 is 53.1. The minimum Gasteiger partial charge on any atom is -0.404 e. The molecule has 3 fully saturated rings. The predicted octanol–water partition coefficient (Wildman–Crippen LogP) is 2.85. The summed E-state index contributed by atoms with van der Waals surface area (Å²) in [5, 5.41) is 0. The molecule has 5 atom stereocenters. The summed E-state index contributed by atoms with van der Waals surface area (Å²) in [6.07, 6.45) is -0.673. The van der Waals surface area contributed by atoms with E-state index in [9.17, 15) is 4.57 Å². The highest BCUT2D eigenvalue weighted by atomic mass is 31.2. The molecule has 5 heterocycles. The number of phosphoric acid groups is 1. The van der Waals surface area contributed by atoms with E-state index in [0.29, 0.717) is 22.7 Å². The molecule has 33 heavy (non-hydrogen) atoms. The summed E-state index contributed by atoms with van der Waals surface area (Å²) in [5.41, 5.74) is 4.69. The Hall–Kier alpha value is -2.79. The molecule has 3 aliphatic heterocycles. The van der Waals surface area contributed by atoms with Gasteiger partial charge in [0.25, 0.3) is 0 Å². The number of halogens is 1. The van der Waals surface area contributed by atoms with E-state index in [1.54, 1.807) is 30.3 Å². The summed E-state index contributed by atoms with van der Waals surface area (Å²) in [4.78, 5) is 15.1. The zero-order valence-corrected chi connectivity index (χ0v) is 18.6. The van der Waals surface area contributed by atoms with Gasteiger partial charge in [-0.3, -0.25) is 13.6 Å². The van der Waals surface area contributed by atoms with Crippen molar-refractivity contribution >= 4 is 30.8 Å². The molecule has 0 amide bonds.